The summed E-state index contributed by atoms with van der Waals surface area (Å²) in [5.41, 5.74) is 0.371. The zero-order valence-corrected chi connectivity index (χ0v) is 11.6. The molecule has 19 heavy (non-hydrogen) atoms. The second-order valence-corrected chi connectivity index (χ2v) is 5.80. The quantitative estimate of drug-likeness (QED) is 0.888. The Morgan fingerprint density at radius 2 is 1.89 bits per heavy atom. The largest absolute Gasteiger partial charge is 0.497 e. The van der Waals surface area contributed by atoms with E-state index in [-0.39, 0.29) is 0 Å². The van der Waals surface area contributed by atoms with Crippen molar-refractivity contribution in [3.05, 3.63) is 29.8 Å². The molecule has 1 N–H and O–H groups in total. The van der Waals surface area contributed by atoms with Crippen LogP contribution in [0.1, 0.15) is 37.7 Å². The number of fused-ring (bicyclic) bond motifs is 1. The molecule has 3 heteroatoms. The van der Waals surface area contributed by atoms with E-state index in [0.29, 0.717) is 6.04 Å². The van der Waals surface area contributed by atoms with Gasteiger partial charge in [0.2, 0.25) is 0 Å². The Hall–Kier alpha value is -1.06. The minimum Gasteiger partial charge on any atom is -0.497 e. The van der Waals surface area contributed by atoms with Crippen LogP contribution in [0.5, 0.6) is 5.75 Å². The van der Waals surface area contributed by atoms with Gasteiger partial charge in [-0.25, -0.2) is 0 Å². The zero-order valence-electron chi connectivity index (χ0n) is 11.6. The fraction of sp³-hybridized carbons (Fsp3) is 0.625. The third-order valence-corrected chi connectivity index (χ3v) is 4.76. The van der Waals surface area contributed by atoms with Crippen molar-refractivity contribution in [3.8, 4) is 5.75 Å². The Kier molecular flexibility index (Phi) is 3.50. The summed E-state index contributed by atoms with van der Waals surface area (Å²) in [6.45, 7) is 2.28. The van der Waals surface area contributed by atoms with Crippen LogP contribution >= 0.6 is 0 Å². The average molecular weight is 261 g/mol. The molecule has 2 atom stereocenters. The molecular formula is C16H23NO2. The van der Waals surface area contributed by atoms with E-state index in [1.807, 2.05) is 24.3 Å². The molecule has 1 aromatic rings. The summed E-state index contributed by atoms with van der Waals surface area (Å²) >= 11 is 0. The molecule has 0 radical (unpaired) electrons. The van der Waals surface area contributed by atoms with Gasteiger partial charge in [-0.15, -0.1) is 0 Å². The molecule has 0 aromatic heterocycles. The normalized spacial score (nSPS) is 31.8. The standard InChI is InChI=1S/C16H23NO2/c1-19-14-8-6-13(7-9-14)16(18)10-4-12-17-11-3-2-5-15(16)17/h6-9,15,18H,2-5,10-12H2,1H3. The van der Waals surface area contributed by atoms with Crippen LogP contribution in [-0.2, 0) is 5.60 Å². The van der Waals surface area contributed by atoms with Gasteiger partial charge in [0.25, 0.3) is 0 Å². The Balaban J connectivity index is 1.90. The number of hydrogen-bond acceptors (Lipinski definition) is 3. The molecule has 0 saturated carbocycles. The molecule has 2 aliphatic rings. The number of aliphatic hydroxyl groups is 1. The first kappa shape index (κ1) is 12.9. The summed E-state index contributed by atoms with van der Waals surface area (Å²) < 4.78 is 5.20. The Bertz CT molecular complexity index is 429. The van der Waals surface area contributed by atoms with Crippen LogP contribution < -0.4 is 4.74 Å². The van der Waals surface area contributed by atoms with Crippen LogP contribution in [0, 0.1) is 0 Å². The van der Waals surface area contributed by atoms with E-state index in [9.17, 15) is 5.11 Å². The fourth-order valence-electron chi connectivity index (χ4n) is 3.73. The van der Waals surface area contributed by atoms with Gasteiger partial charge in [0.15, 0.2) is 0 Å². The maximum absolute atomic E-state index is 11.2. The minimum absolute atomic E-state index is 0.295. The van der Waals surface area contributed by atoms with Gasteiger partial charge in [0, 0.05) is 6.04 Å². The van der Waals surface area contributed by atoms with E-state index < -0.39 is 5.60 Å². The van der Waals surface area contributed by atoms with E-state index in [0.717, 1.165) is 43.7 Å². The van der Waals surface area contributed by atoms with Gasteiger partial charge in [0.1, 0.15) is 11.4 Å². The van der Waals surface area contributed by atoms with Crippen molar-refractivity contribution in [2.24, 2.45) is 0 Å². The molecule has 3 nitrogen and oxygen atoms in total. The van der Waals surface area contributed by atoms with E-state index in [4.69, 9.17) is 4.74 Å². The molecule has 2 heterocycles. The fourth-order valence-corrected chi connectivity index (χ4v) is 3.73. The van der Waals surface area contributed by atoms with Crippen LogP contribution in [-0.4, -0.2) is 36.2 Å². The van der Waals surface area contributed by atoms with E-state index in [2.05, 4.69) is 4.90 Å². The number of methoxy groups -OCH3 is 1. The van der Waals surface area contributed by atoms with E-state index >= 15 is 0 Å². The Labute approximate surface area is 115 Å². The number of nitrogens with zero attached hydrogens (tertiary/aromatic N) is 1. The number of ether oxygens (including phenoxy) is 1. The molecule has 0 bridgehead atoms. The van der Waals surface area contributed by atoms with Crippen molar-refractivity contribution in [2.75, 3.05) is 20.2 Å². The Morgan fingerprint density at radius 3 is 2.63 bits per heavy atom. The van der Waals surface area contributed by atoms with E-state index in [1.54, 1.807) is 7.11 Å². The highest BCUT2D eigenvalue weighted by molar-refractivity contribution is 5.32. The van der Waals surface area contributed by atoms with Crippen LogP contribution in [0.3, 0.4) is 0 Å². The van der Waals surface area contributed by atoms with Crippen LogP contribution in [0.15, 0.2) is 24.3 Å². The summed E-state index contributed by atoms with van der Waals surface area (Å²) in [5, 5.41) is 11.2. The summed E-state index contributed by atoms with van der Waals surface area (Å²) in [6, 6.07) is 8.25. The highest BCUT2D eigenvalue weighted by Crippen LogP contribution is 2.41. The summed E-state index contributed by atoms with van der Waals surface area (Å²) in [7, 11) is 1.67. The lowest BCUT2D eigenvalue weighted by Gasteiger charge is -2.49. The second kappa shape index (κ2) is 5.14. The molecule has 3 rings (SSSR count). The van der Waals surface area contributed by atoms with Gasteiger partial charge in [-0.2, -0.15) is 0 Å². The molecule has 2 unspecified atom stereocenters. The lowest BCUT2D eigenvalue weighted by Crippen LogP contribution is -2.56. The van der Waals surface area contributed by atoms with Crippen molar-refractivity contribution in [1.82, 2.24) is 4.90 Å². The molecular weight excluding hydrogens is 238 g/mol. The second-order valence-electron chi connectivity index (χ2n) is 5.80. The van der Waals surface area contributed by atoms with Gasteiger partial charge >= 0.3 is 0 Å². The maximum Gasteiger partial charge on any atom is 0.118 e. The van der Waals surface area contributed by atoms with Crippen molar-refractivity contribution in [1.29, 1.82) is 0 Å². The molecule has 1 aromatic carbocycles. The first-order valence-corrected chi connectivity index (χ1v) is 7.35. The van der Waals surface area contributed by atoms with Gasteiger partial charge in [-0.05, 0) is 56.5 Å². The van der Waals surface area contributed by atoms with Crippen LogP contribution in [0.2, 0.25) is 0 Å². The highest BCUT2D eigenvalue weighted by Gasteiger charge is 2.44. The third-order valence-electron chi connectivity index (χ3n) is 4.76. The van der Waals surface area contributed by atoms with Crippen molar-refractivity contribution in [2.45, 2.75) is 43.7 Å². The third kappa shape index (κ3) is 2.26. The lowest BCUT2D eigenvalue weighted by molar-refractivity contribution is -0.0995. The van der Waals surface area contributed by atoms with E-state index in [1.165, 1.54) is 12.8 Å². The van der Waals surface area contributed by atoms with Gasteiger partial charge < -0.3 is 9.84 Å². The zero-order chi connectivity index (χ0) is 13.3. The number of benzene rings is 1. The molecule has 104 valence electrons. The monoisotopic (exact) mass is 261 g/mol. The molecule has 2 saturated heterocycles. The molecule has 0 aliphatic carbocycles. The van der Waals surface area contributed by atoms with Crippen molar-refractivity contribution < 1.29 is 9.84 Å². The summed E-state index contributed by atoms with van der Waals surface area (Å²) in [5.74, 6) is 0.851. The summed E-state index contributed by atoms with van der Waals surface area (Å²) in [6.07, 6.45) is 5.58. The Morgan fingerprint density at radius 1 is 1.16 bits per heavy atom. The molecule has 0 spiro atoms. The predicted molar refractivity (Wildman–Crippen MR) is 75.3 cm³/mol. The number of rotatable bonds is 2. The molecule has 2 aliphatic heterocycles. The van der Waals surface area contributed by atoms with Crippen LogP contribution in [0.4, 0.5) is 0 Å². The first-order valence-electron chi connectivity index (χ1n) is 7.35. The first-order chi connectivity index (χ1) is 9.24. The van der Waals surface area contributed by atoms with Crippen molar-refractivity contribution in [3.63, 3.8) is 0 Å². The minimum atomic E-state index is -0.676. The molecule has 2 fully saturated rings. The van der Waals surface area contributed by atoms with Gasteiger partial charge in [-0.3, -0.25) is 4.90 Å². The van der Waals surface area contributed by atoms with Gasteiger partial charge in [0.05, 0.1) is 7.11 Å². The smallest absolute Gasteiger partial charge is 0.118 e. The summed E-state index contributed by atoms with van der Waals surface area (Å²) in [4.78, 5) is 2.48. The lowest BCUT2D eigenvalue weighted by atomic mass is 9.75. The maximum atomic E-state index is 11.2. The van der Waals surface area contributed by atoms with Crippen molar-refractivity contribution >= 4 is 0 Å². The van der Waals surface area contributed by atoms with Crippen LogP contribution in [0.25, 0.3) is 0 Å². The predicted octanol–water partition coefficient (Wildman–Crippen LogP) is 2.53. The number of piperidine rings is 2. The topological polar surface area (TPSA) is 32.7 Å². The number of hydrogen-bond donors (Lipinski definition) is 1. The van der Waals surface area contributed by atoms with Gasteiger partial charge in [-0.1, -0.05) is 18.6 Å². The highest BCUT2D eigenvalue weighted by atomic mass is 16.5. The molecule has 0 amide bonds. The SMILES string of the molecule is COc1ccc(C2(O)CCCN3CCCCC32)cc1. The average Bonchev–Trinajstić information content (AvgIpc) is 2.48.